The van der Waals surface area contributed by atoms with E-state index in [1.54, 1.807) is 0 Å². The van der Waals surface area contributed by atoms with Gasteiger partial charge in [0.2, 0.25) is 0 Å². The molecular weight excluding hydrogens is 340 g/mol. The molecule has 0 unspecified atom stereocenters. The summed E-state index contributed by atoms with van der Waals surface area (Å²) in [6.45, 7) is 11.6. The number of alkyl carbamates (subject to hydrolysis) is 1. The topological polar surface area (TPSA) is 50.8 Å². The number of halogens is 1. The summed E-state index contributed by atoms with van der Waals surface area (Å²) in [6.07, 6.45) is 0.708. The van der Waals surface area contributed by atoms with Crippen molar-refractivity contribution in [2.75, 3.05) is 26.2 Å². The van der Waals surface area contributed by atoms with E-state index in [-0.39, 0.29) is 6.09 Å². The van der Waals surface area contributed by atoms with Gasteiger partial charge in [0, 0.05) is 30.2 Å². The monoisotopic (exact) mass is 368 g/mol. The van der Waals surface area contributed by atoms with E-state index >= 15 is 0 Å². The van der Waals surface area contributed by atoms with Gasteiger partial charge in [0.1, 0.15) is 11.4 Å². The van der Waals surface area contributed by atoms with Gasteiger partial charge in [-0.2, -0.15) is 0 Å². The highest BCUT2D eigenvalue weighted by Gasteiger charge is 2.25. The van der Waals surface area contributed by atoms with Crippen molar-refractivity contribution in [1.82, 2.24) is 10.2 Å². The normalized spacial score (nSPS) is 18.2. The molecule has 1 aliphatic heterocycles. The molecule has 0 bridgehead atoms. The molecule has 25 heavy (non-hydrogen) atoms. The summed E-state index contributed by atoms with van der Waals surface area (Å²) in [6, 6.07) is 5.76. The van der Waals surface area contributed by atoms with Crippen LogP contribution in [0.15, 0.2) is 18.2 Å². The Morgan fingerprint density at radius 2 is 2.16 bits per heavy atom. The first-order chi connectivity index (χ1) is 11.8. The van der Waals surface area contributed by atoms with Gasteiger partial charge < -0.3 is 14.8 Å². The Balaban J connectivity index is 1.83. The fraction of sp³-hybridized carbons (Fsp3) is 0.632. The number of benzene rings is 1. The zero-order valence-electron chi connectivity index (χ0n) is 15.6. The highest BCUT2D eigenvalue weighted by atomic mass is 35.5. The lowest BCUT2D eigenvalue weighted by Gasteiger charge is -2.21. The smallest absolute Gasteiger partial charge is 0.407 e. The first kappa shape index (κ1) is 19.9. The second-order valence-corrected chi connectivity index (χ2v) is 7.89. The maximum atomic E-state index is 11.8. The highest BCUT2D eigenvalue weighted by Crippen LogP contribution is 2.26. The van der Waals surface area contributed by atoms with Crippen LogP contribution in [0.25, 0.3) is 0 Å². The van der Waals surface area contributed by atoms with Crippen LogP contribution in [0.3, 0.4) is 0 Å². The summed E-state index contributed by atoms with van der Waals surface area (Å²) in [7, 11) is 0. The number of likely N-dealkylation sites (tertiary alicyclic amines) is 1. The van der Waals surface area contributed by atoms with E-state index in [0.29, 0.717) is 19.1 Å². The van der Waals surface area contributed by atoms with Crippen LogP contribution in [0.4, 0.5) is 4.79 Å². The number of amides is 1. The molecule has 1 N–H and O–H groups in total. The predicted molar refractivity (Wildman–Crippen MR) is 100 cm³/mol. The molecule has 6 heteroatoms. The summed E-state index contributed by atoms with van der Waals surface area (Å²) >= 11 is 6.13. The number of hydrogen-bond acceptors (Lipinski definition) is 4. The van der Waals surface area contributed by atoms with Crippen LogP contribution in [0.2, 0.25) is 5.02 Å². The number of ether oxygens (including phenoxy) is 2. The lowest BCUT2D eigenvalue weighted by molar-refractivity contribution is 0.0519. The molecule has 1 aromatic carbocycles. The van der Waals surface area contributed by atoms with Gasteiger partial charge in [-0.3, -0.25) is 4.90 Å². The average Bonchev–Trinajstić information content (AvgIpc) is 2.94. The van der Waals surface area contributed by atoms with Gasteiger partial charge in [0.15, 0.2) is 0 Å². The minimum Gasteiger partial charge on any atom is -0.494 e. The molecule has 1 heterocycles. The summed E-state index contributed by atoms with van der Waals surface area (Å²) in [5.74, 6) is 1.32. The van der Waals surface area contributed by atoms with E-state index in [9.17, 15) is 4.79 Å². The van der Waals surface area contributed by atoms with Crippen molar-refractivity contribution in [1.29, 1.82) is 0 Å². The number of rotatable bonds is 6. The van der Waals surface area contributed by atoms with E-state index in [1.807, 2.05) is 45.9 Å². The molecule has 0 spiro atoms. The van der Waals surface area contributed by atoms with Crippen molar-refractivity contribution in [3.8, 4) is 5.75 Å². The van der Waals surface area contributed by atoms with Gasteiger partial charge in [0.05, 0.1) is 6.61 Å². The lowest BCUT2D eigenvalue weighted by Crippen LogP contribution is -2.36. The van der Waals surface area contributed by atoms with E-state index in [0.717, 1.165) is 42.4 Å². The summed E-state index contributed by atoms with van der Waals surface area (Å²) in [4.78, 5) is 14.1. The third-order valence-corrected chi connectivity index (χ3v) is 4.26. The standard InChI is InChI=1S/C19H29ClN2O3/c1-5-24-17-7-6-16(20)10-15(17)13-22-9-8-14(12-22)11-21-18(23)25-19(2,3)4/h6-7,10,14H,5,8-9,11-13H2,1-4H3,(H,21,23)/t14-/m1/s1. The molecule has 1 aliphatic rings. The Labute approximate surface area is 155 Å². The molecule has 0 aromatic heterocycles. The maximum Gasteiger partial charge on any atom is 0.407 e. The van der Waals surface area contributed by atoms with Crippen LogP contribution in [0.5, 0.6) is 5.75 Å². The van der Waals surface area contributed by atoms with Crippen LogP contribution in [0.1, 0.15) is 39.7 Å². The molecule has 0 radical (unpaired) electrons. The molecule has 140 valence electrons. The third-order valence-electron chi connectivity index (χ3n) is 4.02. The quantitative estimate of drug-likeness (QED) is 0.821. The molecular formula is C19H29ClN2O3. The Bertz CT molecular complexity index is 587. The van der Waals surface area contributed by atoms with Crippen molar-refractivity contribution >= 4 is 17.7 Å². The molecule has 2 rings (SSSR count). The van der Waals surface area contributed by atoms with E-state index in [2.05, 4.69) is 10.2 Å². The van der Waals surface area contributed by atoms with Gasteiger partial charge in [-0.25, -0.2) is 4.79 Å². The number of nitrogens with one attached hydrogen (secondary N) is 1. The van der Waals surface area contributed by atoms with Crippen molar-refractivity contribution < 1.29 is 14.3 Å². The minimum absolute atomic E-state index is 0.348. The van der Waals surface area contributed by atoms with Crippen LogP contribution in [0, 0.1) is 5.92 Å². The SMILES string of the molecule is CCOc1ccc(Cl)cc1CN1CC[C@H](CNC(=O)OC(C)(C)C)C1. The average molecular weight is 369 g/mol. The fourth-order valence-electron chi connectivity index (χ4n) is 2.97. The Morgan fingerprint density at radius 1 is 1.40 bits per heavy atom. The van der Waals surface area contributed by atoms with Gasteiger partial charge in [-0.15, -0.1) is 0 Å². The number of nitrogens with zero attached hydrogens (tertiary/aromatic N) is 1. The molecule has 1 fully saturated rings. The van der Waals surface area contributed by atoms with Crippen molar-refractivity contribution in [3.63, 3.8) is 0 Å². The largest absolute Gasteiger partial charge is 0.494 e. The van der Waals surface area contributed by atoms with Crippen LogP contribution in [-0.2, 0) is 11.3 Å². The second-order valence-electron chi connectivity index (χ2n) is 7.46. The van der Waals surface area contributed by atoms with Gasteiger partial charge >= 0.3 is 6.09 Å². The zero-order chi connectivity index (χ0) is 18.4. The number of carbonyl (C=O) groups is 1. The molecule has 1 saturated heterocycles. The van der Waals surface area contributed by atoms with E-state index in [1.165, 1.54) is 0 Å². The number of carbonyl (C=O) groups excluding carboxylic acids is 1. The van der Waals surface area contributed by atoms with Gasteiger partial charge in [-0.1, -0.05) is 11.6 Å². The highest BCUT2D eigenvalue weighted by molar-refractivity contribution is 6.30. The van der Waals surface area contributed by atoms with Crippen molar-refractivity contribution in [2.24, 2.45) is 5.92 Å². The summed E-state index contributed by atoms with van der Waals surface area (Å²) in [5.41, 5.74) is 0.642. The molecule has 5 nitrogen and oxygen atoms in total. The van der Waals surface area contributed by atoms with Crippen LogP contribution in [-0.4, -0.2) is 42.8 Å². The maximum absolute atomic E-state index is 11.8. The van der Waals surface area contributed by atoms with Crippen molar-refractivity contribution in [3.05, 3.63) is 28.8 Å². The molecule has 0 saturated carbocycles. The lowest BCUT2D eigenvalue weighted by atomic mass is 10.1. The van der Waals surface area contributed by atoms with E-state index < -0.39 is 5.60 Å². The Morgan fingerprint density at radius 3 is 2.84 bits per heavy atom. The van der Waals surface area contributed by atoms with Crippen LogP contribution < -0.4 is 10.1 Å². The van der Waals surface area contributed by atoms with Gasteiger partial charge in [-0.05, 0) is 64.8 Å². The van der Waals surface area contributed by atoms with Crippen molar-refractivity contribution in [2.45, 2.75) is 46.3 Å². The Kier molecular flexibility index (Phi) is 6.96. The summed E-state index contributed by atoms with van der Waals surface area (Å²) in [5, 5.41) is 3.60. The fourth-order valence-corrected chi connectivity index (χ4v) is 3.17. The van der Waals surface area contributed by atoms with E-state index in [4.69, 9.17) is 21.1 Å². The Hall–Kier alpha value is -1.46. The zero-order valence-corrected chi connectivity index (χ0v) is 16.4. The molecule has 1 amide bonds. The summed E-state index contributed by atoms with van der Waals surface area (Å²) < 4.78 is 11.0. The van der Waals surface area contributed by atoms with Crippen LogP contribution >= 0.6 is 11.6 Å². The molecule has 0 aliphatic carbocycles. The number of hydrogen-bond donors (Lipinski definition) is 1. The molecule has 1 atom stereocenters. The minimum atomic E-state index is -0.464. The molecule has 1 aromatic rings. The van der Waals surface area contributed by atoms with Gasteiger partial charge in [0.25, 0.3) is 0 Å². The third kappa shape index (κ3) is 6.75. The first-order valence-electron chi connectivity index (χ1n) is 8.87. The second kappa shape index (κ2) is 8.77. The first-order valence-corrected chi connectivity index (χ1v) is 9.25. The predicted octanol–water partition coefficient (Wildman–Crippen LogP) is 4.09.